The van der Waals surface area contributed by atoms with Gasteiger partial charge >= 0.3 is 0 Å². The highest BCUT2D eigenvalue weighted by Crippen LogP contribution is 2.64. The number of hydrogen-bond donors (Lipinski definition) is 1. The molecule has 2 heteroatoms. The van der Waals surface area contributed by atoms with E-state index in [9.17, 15) is 0 Å². The summed E-state index contributed by atoms with van der Waals surface area (Å²) in [5.41, 5.74) is 2.49. The summed E-state index contributed by atoms with van der Waals surface area (Å²) in [5, 5.41) is 12.4. The summed E-state index contributed by atoms with van der Waals surface area (Å²) >= 11 is 0. The maximum Gasteiger partial charge on any atom is 0.0991 e. The van der Waals surface area contributed by atoms with Gasteiger partial charge in [-0.15, -0.1) is 0 Å². The molecule has 1 fully saturated rings. The monoisotopic (exact) mass is 242 g/mol. The van der Waals surface area contributed by atoms with Crippen LogP contribution < -0.4 is 5.32 Å². The molecule has 0 saturated heterocycles. The summed E-state index contributed by atoms with van der Waals surface area (Å²) in [4.78, 5) is 0. The number of hydrogen-bond acceptors (Lipinski definition) is 2. The van der Waals surface area contributed by atoms with E-state index in [-0.39, 0.29) is 0 Å². The number of nitrogens with one attached hydrogen (secondary N) is 1. The molecule has 0 bridgehead atoms. The van der Waals surface area contributed by atoms with Crippen LogP contribution in [0.15, 0.2) is 24.3 Å². The Balaban J connectivity index is 2.07. The molecule has 1 aromatic carbocycles. The summed E-state index contributed by atoms with van der Waals surface area (Å²) in [6.07, 6.45) is 0. The fourth-order valence-electron chi connectivity index (χ4n) is 2.91. The van der Waals surface area contributed by atoms with Crippen molar-refractivity contribution in [1.82, 2.24) is 5.32 Å². The highest BCUT2D eigenvalue weighted by molar-refractivity contribution is 5.37. The van der Waals surface area contributed by atoms with Crippen LogP contribution in [-0.2, 0) is 0 Å². The van der Waals surface area contributed by atoms with Crippen molar-refractivity contribution in [2.45, 2.75) is 39.7 Å². The first-order valence-corrected chi connectivity index (χ1v) is 6.70. The van der Waals surface area contributed by atoms with E-state index in [2.05, 4.69) is 51.2 Å². The van der Waals surface area contributed by atoms with Crippen molar-refractivity contribution in [3.8, 4) is 6.07 Å². The normalized spacial score (nSPS) is 24.9. The summed E-state index contributed by atoms with van der Waals surface area (Å²) in [6.45, 7) is 10.1. The molecule has 2 atom stereocenters. The van der Waals surface area contributed by atoms with E-state index in [1.165, 1.54) is 5.56 Å². The Labute approximate surface area is 110 Å². The molecule has 0 amide bonds. The first-order valence-electron chi connectivity index (χ1n) is 6.70. The summed E-state index contributed by atoms with van der Waals surface area (Å²) in [7, 11) is 0. The number of nitrogens with zero attached hydrogens (tertiary/aromatic N) is 1. The third-order valence-electron chi connectivity index (χ3n) is 4.20. The summed E-state index contributed by atoms with van der Waals surface area (Å²) in [5.74, 6) is 1.32. The van der Waals surface area contributed by atoms with Gasteiger partial charge in [0.15, 0.2) is 0 Å². The summed E-state index contributed by atoms with van der Waals surface area (Å²) < 4.78 is 0. The molecule has 0 radical (unpaired) electrons. The minimum atomic E-state index is 0.371. The minimum absolute atomic E-state index is 0.371. The summed E-state index contributed by atoms with van der Waals surface area (Å²) in [6, 6.07) is 10.8. The molecule has 1 N–H and O–H groups in total. The molecule has 2 rings (SSSR count). The van der Waals surface area contributed by atoms with Gasteiger partial charge in [0.1, 0.15) is 0 Å². The van der Waals surface area contributed by atoms with E-state index in [1.54, 1.807) is 0 Å². The minimum Gasteiger partial charge on any atom is -0.314 e. The largest absolute Gasteiger partial charge is 0.314 e. The van der Waals surface area contributed by atoms with Gasteiger partial charge in [0.05, 0.1) is 11.6 Å². The Morgan fingerprint density at radius 2 is 1.89 bits per heavy atom. The van der Waals surface area contributed by atoms with Crippen molar-refractivity contribution in [3.63, 3.8) is 0 Å². The molecular formula is C16H22N2. The molecule has 1 aliphatic rings. The highest BCUT2D eigenvalue weighted by Gasteiger charge is 2.57. The van der Waals surface area contributed by atoms with Gasteiger partial charge in [-0.3, -0.25) is 0 Å². The molecule has 1 aromatic rings. The van der Waals surface area contributed by atoms with E-state index in [4.69, 9.17) is 5.26 Å². The standard InChI is InChI=1S/C16H22N2/c1-11(2)18-10-14-15(16(14,3)4)13-7-5-12(9-17)6-8-13/h5-8,11,14-15,18H,10H2,1-4H3. The third-order valence-corrected chi connectivity index (χ3v) is 4.20. The average molecular weight is 242 g/mol. The smallest absolute Gasteiger partial charge is 0.0991 e. The van der Waals surface area contributed by atoms with Crippen molar-refractivity contribution < 1.29 is 0 Å². The number of benzene rings is 1. The van der Waals surface area contributed by atoms with Gasteiger partial charge < -0.3 is 5.32 Å². The van der Waals surface area contributed by atoms with Crippen LogP contribution in [0.2, 0.25) is 0 Å². The SMILES string of the molecule is CC(C)NCC1C(c2ccc(C#N)cc2)C1(C)C. The van der Waals surface area contributed by atoms with Crippen LogP contribution in [0.1, 0.15) is 44.7 Å². The lowest BCUT2D eigenvalue weighted by molar-refractivity contribution is 0.491. The van der Waals surface area contributed by atoms with Crippen LogP contribution in [0.25, 0.3) is 0 Å². The second-order valence-electron chi connectivity index (χ2n) is 6.20. The van der Waals surface area contributed by atoms with Crippen LogP contribution in [0, 0.1) is 22.7 Å². The van der Waals surface area contributed by atoms with Gasteiger partial charge in [-0.2, -0.15) is 5.26 Å². The fraction of sp³-hybridized carbons (Fsp3) is 0.562. The molecule has 96 valence electrons. The van der Waals surface area contributed by atoms with Crippen LogP contribution in [0.5, 0.6) is 0 Å². The van der Waals surface area contributed by atoms with Crippen molar-refractivity contribution in [2.75, 3.05) is 6.54 Å². The van der Waals surface area contributed by atoms with Crippen molar-refractivity contribution >= 4 is 0 Å². The fourth-order valence-corrected chi connectivity index (χ4v) is 2.91. The average Bonchev–Trinajstić information content (AvgIpc) is 2.88. The second-order valence-corrected chi connectivity index (χ2v) is 6.20. The lowest BCUT2D eigenvalue weighted by Crippen LogP contribution is -2.26. The van der Waals surface area contributed by atoms with Crippen LogP contribution >= 0.6 is 0 Å². The molecule has 0 spiro atoms. The zero-order chi connectivity index (χ0) is 13.3. The second kappa shape index (κ2) is 4.74. The van der Waals surface area contributed by atoms with E-state index in [0.717, 1.165) is 12.1 Å². The zero-order valence-corrected chi connectivity index (χ0v) is 11.7. The highest BCUT2D eigenvalue weighted by atomic mass is 14.9. The molecule has 1 aliphatic carbocycles. The lowest BCUT2D eigenvalue weighted by atomic mass is 10.0. The Morgan fingerprint density at radius 1 is 1.28 bits per heavy atom. The number of rotatable bonds is 4. The van der Waals surface area contributed by atoms with Crippen molar-refractivity contribution in [2.24, 2.45) is 11.3 Å². The van der Waals surface area contributed by atoms with Gasteiger partial charge in [-0.1, -0.05) is 39.8 Å². The number of nitriles is 1. The Bertz CT molecular complexity index is 451. The van der Waals surface area contributed by atoms with E-state index in [1.807, 2.05) is 12.1 Å². The lowest BCUT2D eigenvalue weighted by Gasteiger charge is -2.08. The van der Waals surface area contributed by atoms with Gasteiger partial charge in [-0.05, 0) is 41.5 Å². The Hall–Kier alpha value is -1.33. The Kier molecular flexibility index (Phi) is 3.45. The van der Waals surface area contributed by atoms with Gasteiger partial charge in [0, 0.05) is 6.04 Å². The molecule has 18 heavy (non-hydrogen) atoms. The third kappa shape index (κ3) is 2.42. The van der Waals surface area contributed by atoms with E-state index in [0.29, 0.717) is 23.3 Å². The van der Waals surface area contributed by atoms with Gasteiger partial charge in [-0.25, -0.2) is 0 Å². The Morgan fingerprint density at radius 3 is 2.39 bits per heavy atom. The van der Waals surface area contributed by atoms with E-state index < -0.39 is 0 Å². The first-order chi connectivity index (χ1) is 8.46. The van der Waals surface area contributed by atoms with Crippen LogP contribution in [0.4, 0.5) is 0 Å². The predicted octanol–water partition coefficient (Wildman–Crippen LogP) is 3.30. The molecule has 0 aromatic heterocycles. The first kappa shape index (κ1) is 13.1. The predicted molar refractivity (Wildman–Crippen MR) is 74.3 cm³/mol. The van der Waals surface area contributed by atoms with Gasteiger partial charge in [0.2, 0.25) is 0 Å². The molecule has 0 heterocycles. The molecule has 1 saturated carbocycles. The topological polar surface area (TPSA) is 35.8 Å². The van der Waals surface area contributed by atoms with Crippen LogP contribution in [-0.4, -0.2) is 12.6 Å². The van der Waals surface area contributed by atoms with Gasteiger partial charge in [0.25, 0.3) is 0 Å². The van der Waals surface area contributed by atoms with Crippen molar-refractivity contribution in [1.29, 1.82) is 5.26 Å². The molecule has 2 nitrogen and oxygen atoms in total. The van der Waals surface area contributed by atoms with Crippen molar-refractivity contribution in [3.05, 3.63) is 35.4 Å². The maximum atomic E-state index is 8.82. The quantitative estimate of drug-likeness (QED) is 0.879. The van der Waals surface area contributed by atoms with E-state index >= 15 is 0 Å². The molecular weight excluding hydrogens is 220 g/mol. The molecule has 2 unspecified atom stereocenters. The molecule has 0 aliphatic heterocycles. The van der Waals surface area contributed by atoms with Crippen LogP contribution in [0.3, 0.4) is 0 Å². The maximum absolute atomic E-state index is 8.82. The zero-order valence-electron chi connectivity index (χ0n) is 11.7.